The van der Waals surface area contributed by atoms with Gasteiger partial charge in [-0.15, -0.1) is 11.3 Å². The predicted molar refractivity (Wildman–Crippen MR) is 112 cm³/mol. The van der Waals surface area contributed by atoms with Crippen LogP contribution in [0.25, 0.3) is 0 Å². The molecule has 0 saturated carbocycles. The van der Waals surface area contributed by atoms with Crippen LogP contribution in [-0.2, 0) is 18.3 Å². The van der Waals surface area contributed by atoms with Gasteiger partial charge in [-0.2, -0.15) is 5.10 Å². The second-order valence-electron chi connectivity index (χ2n) is 7.50. The fourth-order valence-electron chi connectivity index (χ4n) is 3.79. The molecule has 1 saturated heterocycles. The molecule has 1 aromatic carbocycles. The van der Waals surface area contributed by atoms with Crippen molar-refractivity contribution in [2.75, 3.05) is 18.4 Å². The first kappa shape index (κ1) is 18.8. The molecule has 3 heterocycles. The summed E-state index contributed by atoms with van der Waals surface area (Å²) in [4.78, 5) is 18.7. The Kier molecular flexibility index (Phi) is 5.28. The van der Waals surface area contributed by atoms with Gasteiger partial charge in [-0.25, -0.2) is 4.98 Å². The predicted octanol–water partition coefficient (Wildman–Crippen LogP) is 3.03. The van der Waals surface area contributed by atoms with Crippen molar-refractivity contribution in [3.05, 3.63) is 63.9 Å². The molecule has 0 aliphatic carbocycles. The van der Waals surface area contributed by atoms with Gasteiger partial charge in [0.05, 0.1) is 17.8 Å². The summed E-state index contributed by atoms with van der Waals surface area (Å²) >= 11 is 1.57. The third kappa shape index (κ3) is 4.00. The van der Waals surface area contributed by atoms with Crippen molar-refractivity contribution < 1.29 is 4.79 Å². The van der Waals surface area contributed by atoms with Crippen molar-refractivity contribution >= 4 is 22.4 Å². The molecule has 0 bridgehead atoms. The first-order valence-electron chi connectivity index (χ1n) is 9.51. The molecule has 1 fully saturated rings. The molecule has 146 valence electrons. The van der Waals surface area contributed by atoms with Gasteiger partial charge in [-0.1, -0.05) is 29.8 Å². The molecule has 2 N–H and O–H groups in total. The number of aryl methyl sites for hydroxylation is 3. The number of aromatic nitrogens is 3. The van der Waals surface area contributed by atoms with Crippen molar-refractivity contribution in [2.24, 2.45) is 13.0 Å². The number of nitrogens with one attached hydrogen (secondary N) is 2. The van der Waals surface area contributed by atoms with Gasteiger partial charge in [0.25, 0.3) is 0 Å². The van der Waals surface area contributed by atoms with E-state index in [2.05, 4.69) is 51.9 Å². The minimum Gasteiger partial charge on any atom is -0.315 e. The minimum atomic E-state index is -0.117. The summed E-state index contributed by atoms with van der Waals surface area (Å²) in [5, 5.41) is 11.3. The third-order valence-corrected chi connectivity index (χ3v) is 6.35. The maximum absolute atomic E-state index is 12.9. The average molecular weight is 396 g/mol. The highest BCUT2D eigenvalue weighted by Gasteiger charge is 2.35. The third-order valence-electron chi connectivity index (χ3n) is 5.27. The molecule has 28 heavy (non-hydrogen) atoms. The lowest BCUT2D eigenvalue weighted by Crippen LogP contribution is -2.28. The largest absolute Gasteiger partial charge is 0.315 e. The van der Waals surface area contributed by atoms with Crippen molar-refractivity contribution in [1.82, 2.24) is 20.1 Å². The Morgan fingerprint density at radius 3 is 2.96 bits per heavy atom. The van der Waals surface area contributed by atoms with Gasteiger partial charge in [0.1, 0.15) is 0 Å². The monoisotopic (exact) mass is 395 g/mol. The average Bonchev–Trinajstić information content (AvgIpc) is 3.36. The van der Waals surface area contributed by atoms with Crippen LogP contribution in [0.15, 0.2) is 36.7 Å². The van der Waals surface area contributed by atoms with E-state index in [1.165, 1.54) is 16.0 Å². The van der Waals surface area contributed by atoms with E-state index in [-0.39, 0.29) is 17.7 Å². The Morgan fingerprint density at radius 2 is 2.21 bits per heavy atom. The van der Waals surface area contributed by atoms with Crippen LogP contribution in [0.2, 0.25) is 0 Å². The Labute approximate surface area is 169 Å². The zero-order chi connectivity index (χ0) is 19.7. The normalized spacial score (nSPS) is 19.1. The van der Waals surface area contributed by atoms with Crippen LogP contribution in [0, 0.1) is 19.8 Å². The number of hydrogen-bond donors (Lipinski definition) is 2. The Balaban J connectivity index is 1.46. The van der Waals surface area contributed by atoms with Gasteiger partial charge in [-0.05, 0) is 25.0 Å². The number of hydrogen-bond acceptors (Lipinski definition) is 5. The number of carbonyl (C=O) groups is 1. The zero-order valence-corrected chi connectivity index (χ0v) is 17.2. The highest BCUT2D eigenvalue weighted by atomic mass is 32.1. The molecule has 2 atom stereocenters. The van der Waals surface area contributed by atoms with Crippen molar-refractivity contribution in [1.29, 1.82) is 0 Å². The molecule has 4 rings (SSSR count). The molecule has 3 aromatic rings. The quantitative estimate of drug-likeness (QED) is 0.697. The lowest BCUT2D eigenvalue weighted by Gasteiger charge is -2.15. The molecular formula is C21H25N5OS. The second-order valence-corrected chi connectivity index (χ2v) is 8.58. The van der Waals surface area contributed by atoms with E-state index in [1.54, 1.807) is 16.0 Å². The maximum atomic E-state index is 12.9. The highest BCUT2D eigenvalue weighted by Crippen LogP contribution is 2.30. The fourth-order valence-corrected chi connectivity index (χ4v) is 4.79. The van der Waals surface area contributed by atoms with Crippen LogP contribution < -0.4 is 10.6 Å². The first-order valence-corrected chi connectivity index (χ1v) is 10.3. The molecule has 0 radical (unpaired) electrons. The summed E-state index contributed by atoms with van der Waals surface area (Å²) in [6.07, 6.45) is 4.68. The molecule has 7 heteroatoms. The van der Waals surface area contributed by atoms with Crippen molar-refractivity contribution in [3.8, 4) is 0 Å². The van der Waals surface area contributed by atoms with Gasteiger partial charge >= 0.3 is 0 Å². The van der Waals surface area contributed by atoms with E-state index in [9.17, 15) is 4.79 Å². The van der Waals surface area contributed by atoms with E-state index in [4.69, 9.17) is 0 Å². The molecule has 1 aliphatic heterocycles. The minimum absolute atomic E-state index is 0.0229. The highest BCUT2D eigenvalue weighted by molar-refractivity contribution is 7.15. The summed E-state index contributed by atoms with van der Waals surface area (Å²) in [6, 6.07) is 8.51. The number of amides is 1. The van der Waals surface area contributed by atoms with Crippen LogP contribution in [0.4, 0.5) is 5.13 Å². The van der Waals surface area contributed by atoms with Gasteiger partial charge in [0, 0.05) is 43.5 Å². The summed E-state index contributed by atoms with van der Waals surface area (Å²) in [5.41, 5.74) is 4.60. The molecule has 1 amide bonds. The fraction of sp³-hybridized carbons (Fsp3) is 0.381. The van der Waals surface area contributed by atoms with Crippen LogP contribution in [0.5, 0.6) is 0 Å². The Morgan fingerprint density at radius 1 is 1.36 bits per heavy atom. The standard InChI is InChI=1S/C21H25N5OS/c1-13-5-4-6-15(7-13)8-19-14(2)24-21(28-19)25-20(27)18-11-22-10-17(18)16-9-23-26(3)12-16/h4-7,9,12,17-18,22H,8,10-11H2,1-3H3,(H,24,25,27)/t17-,18+/m1/s1. The topological polar surface area (TPSA) is 71.8 Å². The lowest BCUT2D eigenvalue weighted by atomic mass is 9.90. The Bertz CT molecular complexity index is 992. The van der Waals surface area contributed by atoms with E-state index in [1.807, 2.05) is 26.4 Å². The van der Waals surface area contributed by atoms with E-state index in [0.717, 1.165) is 24.2 Å². The van der Waals surface area contributed by atoms with E-state index < -0.39 is 0 Å². The molecule has 1 aliphatic rings. The second kappa shape index (κ2) is 7.85. The van der Waals surface area contributed by atoms with Crippen LogP contribution in [0.3, 0.4) is 0 Å². The van der Waals surface area contributed by atoms with Crippen molar-refractivity contribution in [3.63, 3.8) is 0 Å². The van der Waals surface area contributed by atoms with E-state index in [0.29, 0.717) is 11.7 Å². The maximum Gasteiger partial charge on any atom is 0.231 e. The van der Waals surface area contributed by atoms with Crippen LogP contribution in [0.1, 0.15) is 33.2 Å². The number of benzene rings is 1. The van der Waals surface area contributed by atoms with Gasteiger partial charge in [0.15, 0.2) is 5.13 Å². The Hall–Kier alpha value is -2.51. The van der Waals surface area contributed by atoms with Crippen LogP contribution in [-0.4, -0.2) is 33.8 Å². The number of anilines is 1. The number of nitrogens with zero attached hydrogens (tertiary/aromatic N) is 3. The van der Waals surface area contributed by atoms with E-state index >= 15 is 0 Å². The summed E-state index contributed by atoms with van der Waals surface area (Å²) < 4.78 is 1.78. The molecular weight excluding hydrogens is 370 g/mol. The number of carbonyl (C=O) groups excluding carboxylic acids is 1. The SMILES string of the molecule is Cc1cccc(Cc2sc(NC(=O)[C@H]3CNC[C@@H]3c3cnn(C)c3)nc2C)c1. The zero-order valence-electron chi connectivity index (χ0n) is 16.4. The van der Waals surface area contributed by atoms with Gasteiger partial charge < -0.3 is 10.6 Å². The summed E-state index contributed by atoms with van der Waals surface area (Å²) in [6.45, 7) is 5.57. The molecule has 0 spiro atoms. The number of thiazole rings is 1. The summed E-state index contributed by atoms with van der Waals surface area (Å²) in [5.74, 6) is 0.0462. The molecule has 0 unspecified atom stereocenters. The van der Waals surface area contributed by atoms with Crippen LogP contribution >= 0.6 is 11.3 Å². The number of rotatable bonds is 5. The smallest absolute Gasteiger partial charge is 0.231 e. The van der Waals surface area contributed by atoms with Gasteiger partial charge in [0.2, 0.25) is 5.91 Å². The first-order chi connectivity index (χ1) is 13.5. The molecule has 6 nitrogen and oxygen atoms in total. The lowest BCUT2D eigenvalue weighted by molar-refractivity contribution is -0.119. The molecule has 2 aromatic heterocycles. The van der Waals surface area contributed by atoms with Gasteiger partial charge in [-0.3, -0.25) is 9.48 Å². The summed E-state index contributed by atoms with van der Waals surface area (Å²) in [7, 11) is 1.90. The van der Waals surface area contributed by atoms with Crippen molar-refractivity contribution in [2.45, 2.75) is 26.2 Å².